The van der Waals surface area contributed by atoms with E-state index in [1.807, 2.05) is 0 Å². The van der Waals surface area contributed by atoms with Crippen LogP contribution in [-0.2, 0) is 19.6 Å². The first-order valence-corrected chi connectivity index (χ1v) is 7.89. The van der Waals surface area contributed by atoms with Crippen molar-refractivity contribution in [3.8, 4) is 0 Å². The average molecular weight is 337 g/mol. The van der Waals surface area contributed by atoms with Crippen LogP contribution >= 0.6 is 11.6 Å². The molecule has 0 aliphatic carbocycles. The Morgan fingerprint density at radius 3 is 2.52 bits per heavy atom. The molecule has 6 nitrogen and oxygen atoms in total. The smallest absolute Gasteiger partial charge is 0.267 e. The molecule has 0 fully saturated rings. The lowest BCUT2D eigenvalue weighted by Gasteiger charge is -2.08. The second-order valence-corrected chi connectivity index (χ2v) is 6.22. The predicted molar refractivity (Wildman–Crippen MR) is 74.7 cm³/mol. The van der Waals surface area contributed by atoms with Crippen LogP contribution in [0.1, 0.15) is 19.8 Å². The Labute approximate surface area is 126 Å². The number of carbonyl (C=O) groups is 2. The normalized spacial score (nSPS) is 11.0. The van der Waals surface area contributed by atoms with Crippen LogP contribution < -0.4 is 10.0 Å². The maximum atomic E-state index is 13.5. The van der Waals surface area contributed by atoms with Crippen molar-refractivity contribution in [3.05, 3.63) is 29.0 Å². The van der Waals surface area contributed by atoms with Crippen molar-refractivity contribution < 1.29 is 22.4 Å². The van der Waals surface area contributed by atoms with Crippen LogP contribution in [0.4, 0.5) is 4.39 Å². The zero-order valence-corrected chi connectivity index (χ0v) is 12.7. The van der Waals surface area contributed by atoms with Crippen molar-refractivity contribution in [2.45, 2.75) is 24.7 Å². The maximum Gasteiger partial charge on any atom is 0.267 e. The van der Waals surface area contributed by atoms with Crippen molar-refractivity contribution in [1.29, 1.82) is 0 Å². The van der Waals surface area contributed by atoms with Gasteiger partial charge in [-0.15, -0.1) is 0 Å². The van der Waals surface area contributed by atoms with Gasteiger partial charge in [0.1, 0.15) is 10.7 Å². The van der Waals surface area contributed by atoms with Crippen LogP contribution in [0, 0.1) is 5.82 Å². The molecule has 1 rings (SSSR count). The number of hydrogen-bond donors (Lipinski definition) is 2. The van der Waals surface area contributed by atoms with E-state index < -0.39 is 33.2 Å². The number of rotatable bonds is 6. The minimum absolute atomic E-state index is 0.0320. The molecular formula is C12H14ClFN2O4S. The van der Waals surface area contributed by atoms with Gasteiger partial charge >= 0.3 is 0 Å². The molecule has 116 valence electrons. The monoisotopic (exact) mass is 336 g/mol. The van der Waals surface area contributed by atoms with Gasteiger partial charge in [0.2, 0.25) is 5.91 Å². The number of carbonyl (C=O) groups excluding carboxylic acids is 2. The fourth-order valence-corrected chi connectivity index (χ4v) is 2.63. The second-order valence-electron chi connectivity index (χ2n) is 4.13. The van der Waals surface area contributed by atoms with Crippen LogP contribution in [0.3, 0.4) is 0 Å². The van der Waals surface area contributed by atoms with E-state index in [2.05, 4.69) is 5.32 Å². The van der Waals surface area contributed by atoms with E-state index in [9.17, 15) is 22.4 Å². The van der Waals surface area contributed by atoms with Gasteiger partial charge in [-0.25, -0.2) is 17.5 Å². The quantitative estimate of drug-likeness (QED) is 0.816. The van der Waals surface area contributed by atoms with E-state index in [0.717, 1.165) is 12.1 Å². The van der Waals surface area contributed by atoms with E-state index in [1.54, 1.807) is 11.6 Å². The highest BCUT2D eigenvalue weighted by molar-refractivity contribution is 7.90. The Morgan fingerprint density at radius 2 is 1.95 bits per heavy atom. The zero-order valence-electron chi connectivity index (χ0n) is 11.2. The van der Waals surface area contributed by atoms with Crippen molar-refractivity contribution >= 4 is 33.4 Å². The summed E-state index contributed by atoms with van der Waals surface area (Å²) in [5.74, 6) is -2.41. The first kappa shape index (κ1) is 17.4. The number of hydrogen-bond acceptors (Lipinski definition) is 4. The molecule has 0 saturated carbocycles. The predicted octanol–water partition coefficient (Wildman–Crippen LogP) is 1.20. The lowest BCUT2D eigenvalue weighted by atomic mass is 10.3. The summed E-state index contributed by atoms with van der Waals surface area (Å²) >= 11 is 5.52. The lowest BCUT2D eigenvalue weighted by Crippen LogP contribution is -2.39. The maximum absolute atomic E-state index is 13.5. The summed E-state index contributed by atoms with van der Waals surface area (Å²) in [6, 6.07) is 2.96. The molecule has 0 aromatic heterocycles. The molecular weight excluding hydrogens is 323 g/mol. The fraction of sp³-hybridized carbons (Fsp3) is 0.333. The summed E-state index contributed by atoms with van der Waals surface area (Å²) in [6.45, 7) is 1.28. The molecule has 0 aliphatic rings. The molecule has 21 heavy (non-hydrogen) atoms. The highest BCUT2D eigenvalue weighted by Crippen LogP contribution is 2.18. The van der Waals surface area contributed by atoms with Gasteiger partial charge in [-0.05, 0) is 24.6 Å². The lowest BCUT2D eigenvalue weighted by molar-refractivity contribution is -0.125. The van der Waals surface area contributed by atoms with Gasteiger partial charge < -0.3 is 5.32 Å². The molecule has 0 bridgehead atoms. The molecule has 0 radical (unpaired) electrons. The van der Waals surface area contributed by atoms with Gasteiger partial charge in [0, 0.05) is 11.4 Å². The van der Waals surface area contributed by atoms with E-state index in [1.165, 1.54) is 6.07 Å². The molecule has 0 atom stereocenters. The fourth-order valence-electron chi connectivity index (χ4n) is 1.43. The third-order valence-corrected chi connectivity index (χ3v) is 4.00. The van der Waals surface area contributed by atoms with Gasteiger partial charge in [-0.2, -0.15) is 0 Å². The Kier molecular flexibility index (Phi) is 6.10. The summed E-state index contributed by atoms with van der Waals surface area (Å²) in [5, 5.41) is 2.28. The SMILES string of the molecule is CCCC(=O)NCC(=O)NS(=O)(=O)c1ccc(Cl)cc1F. The highest BCUT2D eigenvalue weighted by atomic mass is 35.5. The zero-order chi connectivity index (χ0) is 16.0. The van der Waals surface area contributed by atoms with Gasteiger partial charge in [-0.3, -0.25) is 9.59 Å². The Balaban J connectivity index is 2.72. The van der Waals surface area contributed by atoms with Crippen molar-refractivity contribution in [2.24, 2.45) is 0 Å². The molecule has 0 unspecified atom stereocenters. The summed E-state index contributed by atoms with van der Waals surface area (Å²) in [4.78, 5) is 21.9. The third kappa shape index (κ3) is 5.31. The number of halogens is 2. The van der Waals surface area contributed by atoms with Crippen LogP contribution in [0.2, 0.25) is 5.02 Å². The molecule has 2 N–H and O–H groups in total. The summed E-state index contributed by atoms with van der Waals surface area (Å²) in [5.41, 5.74) is 0. The minimum atomic E-state index is -4.35. The number of sulfonamides is 1. The standard InChI is InChI=1S/C12H14ClFN2O4S/c1-2-3-11(17)15-7-12(18)16-21(19,20)10-5-4-8(13)6-9(10)14/h4-6H,2-3,7H2,1H3,(H,15,17)(H,16,18). The van der Waals surface area contributed by atoms with Crippen molar-refractivity contribution in [1.82, 2.24) is 10.0 Å². The van der Waals surface area contributed by atoms with E-state index in [-0.39, 0.29) is 17.4 Å². The Morgan fingerprint density at radius 1 is 1.29 bits per heavy atom. The number of benzene rings is 1. The highest BCUT2D eigenvalue weighted by Gasteiger charge is 2.21. The summed E-state index contributed by atoms with van der Waals surface area (Å²) < 4.78 is 38.8. The summed E-state index contributed by atoms with van der Waals surface area (Å²) in [6.07, 6.45) is 0.827. The Bertz CT molecular complexity index is 649. The van der Waals surface area contributed by atoms with E-state index in [4.69, 9.17) is 11.6 Å². The third-order valence-electron chi connectivity index (χ3n) is 2.35. The topological polar surface area (TPSA) is 92.3 Å². The molecule has 1 aromatic rings. The van der Waals surface area contributed by atoms with Gasteiger partial charge in [0.25, 0.3) is 15.9 Å². The molecule has 2 amide bonds. The molecule has 1 aromatic carbocycles. The van der Waals surface area contributed by atoms with Crippen molar-refractivity contribution in [3.63, 3.8) is 0 Å². The van der Waals surface area contributed by atoms with E-state index >= 15 is 0 Å². The van der Waals surface area contributed by atoms with E-state index in [0.29, 0.717) is 6.42 Å². The van der Waals surface area contributed by atoms with Gasteiger partial charge in [-0.1, -0.05) is 18.5 Å². The van der Waals surface area contributed by atoms with Gasteiger partial charge in [0.05, 0.1) is 6.54 Å². The molecule has 0 aliphatic heterocycles. The number of amides is 2. The van der Waals surface area contributed by atoms with Crippen molar-refractivity contribution in [2.75, 3.05) is 6.54 Å². The second kappa shape index (κ2) is 7.37. The molecule has 0 heterocycles. The molecule has 9 heteroatoms. The summed E-state index contributed by atoms with van der Waals surface area (Å²) in [7, 11) is -4.35. The largest absolute Gasteiger partial charge is 0.347 e. The average Bonchev–Trinajstić information content (AvgIpc) is 2.35. The molecule has 0 spiro atoms. The Hall–Kier alpha value is -1.67. The minimum Gasteiger partial charge on any atom is -0.347 e. The van der Waals surface area contributed by atoms with Gasteiger partial charge in [0.15, 0.2) is 0 Å². The first-order valence-electron chi connectivity index (χ1n) is 6.03. The number of nitrogens with one attached hydrogen (secondary N) is 2. The van der Waals surface area contributed by atoms with Crippen LogP contribution in [-0.4, -0.2) is 26.8 Å². The van der Waals surface area contributed by atoms with Crippen LogP contribution in [0.15, 0.2) is 23.1 Å². The first-order chi connectivity index (χ1) is 9.76. The van der Waals surface area contributed by atoms with Crippen LogP contribution in [0.5, 0.6) is 0 Å². The van der Waals surface area contributed by atoms with Crippen LogP contribution in [0.25, 0.3) is 0 Å². The molecule has 0 saturated heterocycles.